The second-order valence-electron chi connectivity index (χ2n) is 3.58. The molecule has 1 rings (SSSR count). The third-order valence-corrected chi connectivity index (χ3v) is 2.46. The van der Waals surface area contributed by atoms with Gasteiger partial charge >= 0.3 is 71.1 Å². The molecule has 0 spiro atoms. The Morgan fingerprint density at radius 3 is 1.84 bits per heavy atom. The van der Waals surface area contributed by atoms with E-state index in [1.165, 1.54) is 0 Å². The van der Waals surface area contributed by atoms with Crippen LogP contribution in [0.25, 0.3) is 0 Å². The van der Waals surface area contributed by atoms with Gasteiger partial charge in [0.25, 0.3) is 0 Å². The third kappa shape index (κ3) is 6.75. The molecule has 94 valence electrons. The summed E-state index contributed by atoms with van der Waals surface area (Å²) in [4.78, 5) is 22.0. The summed E-state index contributed by atoms with van der Waals surface area (Å²) < 4.78 is 0. The van der Waals surface area contributed by atoms with Crippen LogP contribution in [-0.2, 0) is 16.0 Å². The van der Waals surface area contributed by atoms with Crippen LogP contribution in [0.1, 0.15) is 21.8 Å². The van der Waals surface area contributed by atoms with Crippen molar-refractivity contribution in [3.05, 3.63) is 47.0 Å². The maximum atomic E-state index is 11.1. The van der Waals surface area contributed by atoms with Crippen LogP contribution in [0, 0.1) is 0 Å². The quantitative estimate of drug-likeness (QED) is 0.431. The molecule has 0 fully saturated rings. The van der Waals surface area contributed by atoms with E-state index in [1.807, 2.05) is 6.07 Å². The maximum Gasteiger partial charge on any atom is 1.00 e. The van der Waals surface area contributed by atoms with Gasteiger partial charge in [-0.1, -0.05) is 37.3 Å². The van der Waals surface area contributed by atoms with Crippen molar-refractivity contribution < 1.29 is 81.8 Å². The van der Waals surface area contributed by atoms with Gasteiger partial charge in [0.1, 0.15) is 0 Å². The van der Waals surface area contributed by atoms with Gasteiger partial charge in [0, 0.05) is 12.0 Å². The predicted octanol–water partition coefficient (Wildman–Crippen LogP) is -3.66. The molecular weight excluding hydrogens is 266 g/mol. The minimum absolute atomic E-state index is 0. The Kier molecular flexibility index (Phi) is 11.9. The number of carbonyl (C=O) groups is 2. The fraction of sp³-hybridized carbons (Fsp3) is 0.231. The van der Waals surface area contributed by atoms with Crippen molar-refractivity contribution in [1.82, 2.24) is 0 Å². The Hall–Kier alpha value is -0.1000. The van der Waals surface area contributed by atoms with Gasteiger partial charge in [0.2, 0.25) is 0 Å². The number of aliphatic carboxylic acids is 2. The number of carboxylic acid groups (broad SMARTS) is 2. The molecule has 0 heterocycles. The normalized spacial score (nSPS) is 10.6. The zero-order chi connectivity index (χ0) is 12.8. The van der Waals surface area contributed by atoms with Crippen LogP contribution in [0.3, 0.4) is 0 Å². The SMILES string of the molecule is CC/C(C(=O)O)=C(\Cc1ccccc1)C(=O)O.[H-].[H-].[Na+].[Na+]. The topological polar surface area (TPSA) is 74.6 Å². The molecule has 0 unspecified atom stereocenters. The van der Waals surface area contributed by atoms with E-state index < -0.39 is 11.9 Å². The fourth-order valence-electron chi connectivity index (χ4n) is 1.61. The number of carboxylic acids is 2. The van der Waals surface area contributed by atoms with E-state index in [1.54, 1.807) is 31.2 Å². The van der Waals surface area contributed by atoms with E-state index in [9.17, 15) is 9.59 Å². The first kappa shape index (κ1) is 21.2. The standard InChI is InChI=1S/C13H14O4.2Na.2H/c1-2-10(12(14)15)11(13(16)17)8-9-6-4-3-5-7-9;;;;/h3-7H,2,8H2,1H3,(H,14,15)(H,16,17);;;;/q;2*+1;2*-1/b11-10-;;;;. The van der Waals surface area contributed by atoms with Crippen molar-refractivity contribution in [2.24, 2.45) is 0 Å². The van der Waals surface area contributed by atoms with Gasteiger partial charge in [-0.3, -0.25) is 0 Å². The maximum absolute atomic E-state index is 11.1. The van der Waals surface area contributed by atoms with Gasteiger partial charge in [-0.2, -0.15) is 0 Å². The molecule has 19 heavy (non-hydrogen) atoms. The molecule has 0 saturated carbocycles. The number of rotatable bonds is 5. The molecule has 0 atom stereocenters. The summed E-state index contributed by atoms with van der Waals surface area (Å²) in [6.07, 6.45) is 0.329. The van der Waals surface area contributed by atoms with Gasteiger partial charge in [-0.15, -0.1) is 0 Å². The van der Waals surface area contributed by atoms with E-state index in [2.05, 4.69) is 0 Å². The largest absolute Gasteiger partial charge is 1.00 e. The summed E-state index contributed by atoms with van der Waals surface area (Å²) in [5.74, 6) is -2.34. The van der Waals surface area contributed by atoms with E-state index in [4.69, 9.17) is 10.2 Å². The molecule has 0 radical (unpaired) electrons. The number of hydrogen-bond acceptors (Lipinski definition) is 2. The van der Waals surface area contributed by atoms with Gasteiger partial charge in [0.05, 0.1) is 5.57 Å². The molecule has 0 aliphatic heterocycles. The average molecular weight is 282 g/mol. The summed E-state index contributed by atoms with van der Waals surface area (Å²) in [5.41, 5.74) is 0.699. The Bertz CT molecular complexity index is 464. The average Bonchev–Trinajstić information content (AvgIpc) is 2.29. The Morgan fingerprint density at radius 1 is 1.00 bits per heavy atom. The zero-order valence-corrected chi connectivity index (χ0v) is 15.5. The summed E-state index contributed by atoms with van der Waals surface area (Å²) in [6, 6.07) is 8.96. The summed E-state index contributed by atoms with van der Waals surface area (Å²) in [7, 11) is 0. The zero-order valence-electron chi connectivity index (χ0n) is 13.5. The van der Waals surface area contributed by atoms with Crippen molar-refractivity contribution in [2.45, 2.75) is 19.8 Å². The molecule has 0 saturated heterocycles. The van der Waals surface area contributed by atoms with Crippen molar-refractivity contribution in [1.29, 1.82) is 0 Å². The van der Waals surface area contributed by atoms with Crippen LogP contribution in [0.2, 0.25) is 0 Å². The monoisotopic (exact) mass is 282 g/mol. The minimum Gasteiger partial charge on any atom is -1.00 e. The van der Waals surface area contributed by atoms with Crippen molar-refractivity contribution >= 4 is 11.9 Å². The van der Waals surface area contributed by atoms with Gasteiger partial charge < -0.3 is 13.1 Å². The molecule has 0 amide bonds. The molecule has 6 heteroatoms. The smallest absolute Gasteiger partial charge is 1.00 e. The van der Waals surface area contributed by atoms with Gasteiger partial charge in [-0.05, 0) is 12.0 Å². The van der Waals surface area contributed by atoms with Gasteiger partial charge in [0.15, 0.2) is 0 Å². The number of hydrogen-bond donors (Lipinski definition) is 2. The first-order valence-corrected chi connectivity index (χ1v) is 5.28. The van der Waals surface area contributed by atoms with Crippen LogP contribution < -0.4 is 59.1 Å². The van der Waals surface area contributed by atoms with Crippen molar-refractivity contribution in [2.75, 3.05) is 0 Å². The van der Waals surface area contributed by atoms with Crippen LogP contribution in [0.4, 0.5) is 0 Å². The molecule has 0 aliphatic rings. The number of benzene rings is 1. The first-order valence-electron chi connectivity index (χ1n) is 5.28. The van der Waals surface area contributed by atoms with E-state index in [-0.39, 0.29) is 86.0 Å². The molecule has 0 aliphatic carbocycles. The second kappa shape index (κ2) is 10.7. The van der Waals surface area contributed by atoms with Crippen molar-refractivity contribution in [3.63, 3.8) is 0 Å². The molecule has 4 nitrogen and oxygen atoms in total. The van der Waals surface area contributed by atoms with Gasteiger partial charge in [-0.25, -0.2) is 9.59 Å². The second-order valence-corrected chi connectivity index (χ2v) is 3.58. The van der Waals surface area contributed by atoms with E-state index >= 15 is 0 Å². The summed E-state index contributed by atoms with van der Waals surface area (Å²) in [6.45, 7) is 1.64. The molecular formula is C13H16Na2O4. The Morgan fingerprint density at radius 2 is 1.47 bits per heavy atom. The Labute approximate surface area is 159 Å². The Balaban J connectivity index is -0.000000361. The van der Waals surface area contributed by atoms with Crippen LogP contribution in [0.5, 0.6) is 0 Å². The van der Waals surface area contributed by atoms with Crippen LogP contribution in [0.15, 0.2) is 41.5 Å². The molecule has 1 aromatic rings. The fourth-order valence-corrected chi connectivity index (χ4v) is 1.61. The summed E-state index contributed by atoms with van der Waals surface area (Å²) in [5, 5.41) is 18.0. The molecule has 2 N–H and O–H groups in total. The third-order valence-electron chi connectivity index (χ3n) is 2.46. The predicted molar refractivity (Wildman–Crippen MR) is 65.0 cm³/mol. The van der Waals surface area contributed by atoms with E-state index in [0.29, 0.717) is 0 Å². The van der Waals surface area contributed by atoms with E-state index in [0.717, 1.165) is 5.56 Å². The summed E-state index contributed by atoms with van der Waals surface area (Å²) >= 11 is 0. The van der Waals surface area contributed by atoms with Crippen LogP contribution in [-0.4, -0.2) is 22.2 Å². The molecule has 0 aromatic heterocycles. The minimum atomic E-state index is -1.17. The van der Waals surface area contributed by atoms with Crippen molar-refractivity contribution in [3.8, 4) is 0 Å². The van der Waals surface area contributed by atoms with Crippen LogP contribution >= 0.6 is 0 Å². The molecule has 1 aromatic carbocycles. The molecule has 0 bridgehead atoms. The first-order chi connectivity index (χ1) is 8.06.